The van der Waals surface area contributed by atoms with E-state index in [9.17, 15) is 19.1 Å². The van der Waals surface area contributed by atoms with E-state index in [-0.39, 0.29) is 35.5 Å². The molecule has 0 aromatic heterocycles. The molecule has 2 unspecified atom stereocenters. The van der Waals surface area contributed by atoms with E-state index in [0.29, 0.717) is 16.8 Å². The molecule has 182 valence electrons. The Morgan fingerprint density at radius 3 is 2.94 bits per heavy atom. The van der Waals surface area contributed by atoms with E-state index in [4.69, 9.17) is 22.0 Å². The third-order valence-electron chi connectivity index (χ3n) is 5.91. The van der Waals surface area contributed by atoms with Crippen LogP contribution in [0, 0.1) is 11.2 Å². The van der Waals surface area contributed by atoms with Crippen LogP contribution in [0.5, 0.6) is 0 Å². The number of hydrogen-bond donors (Lipinski definition) is 5. The summed E-state index contributed by atoms with van der Waals surface area (Å²) in [7, 11) is 0. The third kappa shape index (κ3) is 5.06. The van der Waals surface area contributed by atoms with Gasteiger partial charge in [-0.25, -0.2) is 14.3 Å². The summed E-state index contributed by atoms with van der Waals surface area (Å²) in [4.78, 5) is 6.89. The Balaban J connectivity index is 1.85. The van der Waals surface area contributed by atoms with Crippen molar-refractivity contribution in [1.82, 2.24) is 15.7 Å². The zero-order valence-corrected chi connectivity index (χ0v) is 20.0. The van der Waals surface area contributed by atoms with E-state index in [2.05, 4.69) is 10.8 Å². The second kappa shape index (κ2) is 10.2. The van der Waals surface area contributed by atoms with Gasteiger partial charge in [-0.3, -0.25) is 4.99 Å². The van der Waals surface area contributed by atoms with Crippen LogP contribution in [-0.4, -0.2) is 57.0 Å². The van der Waals surface area contributed by atoms with Crippen molar-refractivity contribution in [3.63, 3.8) is 0 Å². The molecule has 3 aliphatic rings. The van der Waals surface area contributed by atoms with Crippen LogP contribution in [0.4, 0.5) is 8.78 Å². The number of fused-ring (bicyclic) bond motifs is 1. The number of aliphatic hydroxyl groups is 1. The van der Waals surface area contributed by atoms with Crippen molar-refractivity contribution in [2.24, 2.45) is 4.99 Å². The standard InChI is InChI=1S/C23H26ClF2N5O2S/c1-13(25)28-7-6-17(27)20-18-10-23(32,11-29-33)12-31(18)22(19-3-2-8-34-19)30-21(20)15-5-4-14(26)9-16(15)24/h2,4-9,13,19,21,27-29,32-33H,3,10-12H2,1H3/b7-6-,27-17?/t13?,19?,21-,23+/m0/s1. The Morgan fingerprint density at radius 2 is 2.29 bits per heavy atom. The fraction of sp³-hybridized carbons (Fsp3) is 0.391. The van der Waals surface area contributed by atoms with Crippen molar-refractivity contribution in [2.45, 2.75) is 43.0 Å². The molecule has 11 heteroatoms. The normalized spacial score (nSPS) is 27.4. The number of thioether (sulfide) groups is 1. The molecule has 0 saturated carbocycles. The molecule has 3 aliphatic heterocycles. The largest absolute Gasteiger partial charge is 0.386 e. The molecule has 4 rings (SSSR count). The Morgan fingerprint density at radius 1 is 1.50 bits per heavy atom. The number of benzene rings is 1. The summed E-state index contributed by atoms with van der Waals surface area (Å²) in [5.41, 5.74) is 2.48. The number of allylic oxidation sites excluding steroid dienone is 2. The fourth-order valence-corrected chi connectivity index (χ4v) is 5.63. The number of alkyl halides is 1. The maximum absolute atomic E-state index is 13.8. The molecule has 7 nitrogen and oxygen atoms in total. The Hall–Kier alpha value is -2.24. The highest BCUT2D eigenvalue weighted by atomic mass is 35.5. The van der Waals surface area contributed by atoms with Crippen molar-refractivity contribution >= 4 is 34.9 Å². The first-order valence-corrected chi connectivity index (χ1v) is 12.1. The van der Waals surface area contributed by atoms with Crippen LogP contribution < -0.4 is 10.8 Å². The van der Waals surface area contributed by atoms with Gasteiger partial charge >= 0.3 is 0 Å². The molecule has 0 bridgehead atoms. The summed E-state index contributed by atoms with van der Waals surface area (Å²) < 4.78 is 27.1. The monoisotopic (exact) mass is 509 g/mol. The smallest absolute Gasteiger partial charge is 0.166 e. The van der Waals surface area contributed by atoms with E-state index in [1.165, 1.54) is 31.3 Å². The number of amidine groups is 1. The third-order valence-corrected chi connectivity index (χ3v) is 7.31. The minimum absolute atomic E-state index is 0.00138. The van der Waals surface area contributed by atoms with Crippen LogP contribution in [0.2, 0.25) is 5.02 Å². The van der Waals surface area contributed by atoms with Gasteiger partial charge < -0.3 is 25.9 Å². The van der Waals surface area contributed by atoms with Gasteiger partial charge in [-0.15, -0.1) is 11.8 Å². The maximum atomic E-state index is 13.8. The molecule has 1 fully saturated rings. The van der Waals surface area contributed by atoms with Gasteiger partial charge in [-0.2, -0.15) is 0 Å². The molecular weight excluding hydrogens is 484 g/mol. The lowest BCUT2D eigenvalue weighted by molar-refractivity contribution is 0.0148. The highest BCUT2D eigenvalue weighted by Crippen LogP contribution is 2.46. The van der Waals surface area contributed by atoms with Crippen molar-refractivity contribution < 1.29 is 19.1 Å². The van der Waals surface area contributed by atoms with E-state index in [1.54, 1.807) is 17.8 Å². The molecule has 1 saturated heterocycles. The first-order chi connectivity index (χ1) is 16.2. The van der Waals surface area contributed by atoms with E-state index in [1.807, 2.05) is 16.4 Å². The van der Waals surface area contributed by atoms with Crippen LogP contribution in [0.1, 0.15) is 31.4 Å². The zero-order valence-electron chi connectivity index (χ0n) is 18.4. The molecule has 0 amide bonds. The van der Waals surface area contributed by atoms with Gasteiger partial charge in [0.1, 0.15) is 23.3 Å². The second-order valence-electron chi connectivity index (χ2n) is 8.50. The molecule has 5 N–H and O–H groups in total. The maximum Gasteiger partial charge on any atom is 0.166 e. The summed E-state index contributed by atoms with van der Waals surface area (Å²) in [6, 6.07) is 3.33. The number of nitrogens with one attached hydrogen (secondary N) is 3. The average molecular weight is 510 g/mol. The molecule has 0 radical (unpaired) electrons. The number of nitrogens with zero attached hydrogens (tertiary/aromatic N) is 2. The van der Waals surface area contributed by atoms with Crippen molar-refractivity contribution in [3.8, 4) is 0 Å². The Bertz CT molecular complexity index is 1090. The highest BCUT2D eigenvalue weighted by molar-refractivity contribution is 8.03. The average Bonchev–Trinajstić information content (AvgIpc) is 3.40. The van der Waals surface area contributed by atoms with E-state index < -0.39 is 23.8 Å². The molecule has 1 aromatic rings. The topological polar surface area (TPSA) is 104 Å². The van der Waals surface area contributed by atoms with Gasteiger partial charge in [0.25, 0.3) is 0 Å². The SMILES string of the molecule is CC(F)N/C=C\C(=N)C1=C2C[C@@](O)(CNO)CN2C(C2CC=CS2)=N[C@H]1c1ccc(F)cc1Cl. The quantitative estimate of drug-likeness (QED) is 0.206. The van der Waals surface area contributed by atoms with Gasteiger partial charge in [0.2, 0.25) is 0 Å². The molecule has 34 heavy (non-hydrogen) atoms. The second-order valence-corrected chi connectivity index (χ2v) is 10.0. The lowest BCUT2D eigenvalue weighted by atomic mass is 9.89. The summed E-state index contributed by atoms with van der Waals surface area (Å²) in [5.74, 6) is 0.237. The molecule has 3 heterocycles. The van der Waals surface area contributed by atoms with Crippen molar-refractivity contribution in [1.29, 1.82) is 5.41 Å². The molecular formula is C23H26ClF2N5O2S. The van der Waals surface area contributed by atoms with Crippen LogP contribution in [0.3, 0.4) is 0 Å². The summed E-state index contributed by atoms with van der Waals surface area (Å²) in [6.07, 6.45) is 4.42. The Kier molecular flexibility index (Phi) is 7.44. The van der Waals surface area contributed by atoms with E-state index in [0.717, 1.165) is 12.3 Å². The summed E-state index contributed by atoms with van der Waals surface area (Å²) in [5, 5.41) is 33.9. The predicted octanol–water partition coefficient (Wildman–Crippen LogP) is 4.06. The highest BCUT2D eigenvalue weighted by Gasteiger charge is 2.47. The first kappa shape index (κ1) is 24.9. The number of halogens is 3. The molecule has 0 spiro atoms. The van der Waals surface area contributed by atoms with Gasteiger partial charge in [0.15, 0.2) is 6.30 Å². The molecule has 1 aromatic carbocycles. The van der Waals surface area contributed by atoms with Crippen LogP contribution in [-0.2, 0) is 0 Å². The van der Waals surface area contributed by atoms with Crippen LogP contribution in [0.25, 0.3) is 0 Å². The fourth-order valence-electron chi connectivity index (χ4n) is 4.42. The minimum atomic E-state index is -1.30. The summed E-state index contributed by atoms with van der Waals surface area (Å²) in [6.45, 7) is 1.44. The number of aliphatic imine (C=N–C) groups is 1. The lowest BCUT2D eigenvalue weighted by Gasteiger charge is -2.35. The van der Waals surface area contributed by atoms with Crippen LogP contribution in [0.15, 0.2) is 58.2 Å². The number of rotatable bonds is 8. The summed E-state index contributed by atoms with van der Waals surface area (Å²) >= 11 is 8.04. The van der Waals surface area contributed by atoms with Gasteiger partial charge in [-0.05, 0) is 37.0 Å². The lowest BCUT2D eigenvalue weighted by Crippen LogP contribution is -2.45. The van der Waals surface area contributed by atoms with Gasteiger partial charge in [-0.1, -0.05) is 23.7 Å². The first-order valence-electron chi connectivity index (χ1n) is 10.8. The Labute approximate surface area is 205 Å². The van der Waals surface area contributed by atoms with Crippen molar-refractivity contribution in [2.75, 3.05) is 13.1 Å². The van der Waals surface area contributed by atoms with Crippen molar-refractivity contribution in [3.05, 3.63) is 69.6 Å². The minimum Gasteiger partial charge on any atom is -0.386 e. The molecule has 4 atom stereocenters. The van der Waals surface area contributed by atoms with Gasteiger partial charge in [0.05, 0.1) is 24.1 Å². The zero-order chi connectivity index (χ0) is 24.5. The van der Waals surface area contributed by atoms with Crippen LogP contribution >= 0.6 is 23.4 Å². The van der Waals surface area contributed by atoms with Gasteiger partial charge in [0, 0.05) is 34.5 Å². The number of hydroxylamine groups is 1. The predicted molar refractivity (Wildman–Crippen MR) is 130 cm³/mol. The van der Waals surface area contributed by atoms with E-state index >= 15 is 0 Å². The number of hydrogen-bond acceptors (Lipinski definition) is 8. The molecule has 0 aliphatic carbocycles.